The first-order valence-electron chi connectivity index (χ1n) is 7.24. The lowest BCUT2D eigenvalue weighted by Crippen LogP contribution is -2.07. The standard InChI is InChI=1S/C17H13Br2F2N3/c1-9(2)24-16(12-5-3-10(18)7-14(12)20)22-23-17(24)13-6-4-11(19)8-15(13)21/h3-9H,1-2H3. The van der Waals surface area contributed by atoms with Gasteiger partial charge in [0.05, 0.1) is 11.1 Å². The lowest BCUT2D eigenvalue weighted by Gasteiger charge is -2.15. The number of hydrogen-bond donors (Lipinski definition) is 0. The van der Waals surface area contributed by atoms with E-state index in [1.54, 1.807) is 28.8 Å². The molecule has 0 amide bonds. The highest BCUT2D eigenvalue weighted by Crippen LogP contribution is 2.32. The molecule has 0 aliphatic carbocycles. The lowest BCUT2D eigenvalue weighted by atomic mass is 10.1. The molecule has 124 valence electrons. The summed E-state index contributed by atoms with van der Waals surface area (Å²) >= 11 is 6.48. The van der Waals surface area contributed by atoms with E-state index >= 15 is 0 Å². The van der Waals surface area contributed by atoms with Gasteiger partial charge in [0.1, 0.15) is 11.6 Å². The molecule has 7 heteroatoms. The van der Waals surface area contributed by atoms with Crippen molar-refractivity contribution < 1.29 is 8.78 Å². The highest BCUT2D eigenvalue weighted by molar-refractivity contribution is 9.10. The monoisotopic (exact) mass is 455 g/mol. The zero-order chi connectivity index (χ0) is 17.4. The highest BCUT2D eigenvalue weighted by atomic mass is 79.9. The maximum atomic E-state index is 14.3. The van der Waals surface area contributed by atoms with Gasteiger partial charge in [-0.1, -0.05) is 31.9 Å². The molecule has 0 N–H and O–H groups in total. The summed E-state index contributed by atoms with van der Waals surface area (Å²) in [5.41, 5.74) is 0.645. The van der Waals surface area contributed by atoms with Crippen molar-refractivity contribution in [1.82, 2.24) is 14.8 Å². The van der Waals surface area contributed by atoms with E-state index in [1.165, 1.54) is 12.1 Å². The van der Waals surface area contributed by atoms with E-state index in [2.05, 4.69) is 42.1 Å². The summed E-state index contributed by atoms with van der Waals surface area (Å²) in [6, 6.07) is 9.39. The van der Waals surface area contributed by atoms with Crippen LogP contribution in [0.1, 0.15) is 19.9 Å². The van der Waals surface area contributed by atoms with Crippen LogP contribution in [0.25, 0.3) is 22.8 Å². The van der Waals surface area contributed by atoms with Crippen molar-refractivity contribution in [3.05, 3.63) is 57.0 Å². The van der Waals surface area contributed by atoms with Crippen molar-refractivity contribution >= 4 is 31.9 Å². The Morgan fingerprint density at radius 2 is 1.25 bits per heavy atom. The van der Waals surface area contributed by atoms with Crippen LogP contribution in [0.3, 0.4) is 0 Å². The second kappa shape index (κ2) is 6.72. The van der Waals surface area contributed by atoms with Crippen molar-refractivity contribution in [2.24, 2.45) is 0 Å². The Kier molecular flexibility index (Phi) is 4.83. The third kappa shape index (κ3) is 3.15. The molecule has 0 radical (unpaired) electrons. The van der Waals surface area contributed by atoms with Gasteiger partial charge in [0.2, 0.25) is 0 Å². The summed E-state index contributed by atoms with van der Waals surface area (Å²) in [5.74, 6) is -0.0948. The summed E-state index contributed by atoms with van der Waals surface area (Å²) in [6.07, 6.45) is 0. The van der Waals surface area contributed by atoms with Gasteiger partial charge in [-0.05, 0) is 50.2 Å². The van der Waals surface area contributed by atoms with Crippen LogP contribution >= 0.6 is 31.9 Å². The van der Waals surface area contributed by atoms with Gasteiger partial charge in [-0.2, -0.15) is 0 Å². The first-order chi connectivity index (χ1) is 11.4. The highest BCUT2D eigenvalue weighted by Gasteiger charge is 2.22. The van der Waals surface area contributed by atoms with E-state index in [0.29, 0.717) is 31.7 Å². The first-order valence-corrected chi connectivity index (χ1v) is 8.83. The zero-order valence-electron chi connectivity index (χ0n) is 12.9. The van der Waals surface area contributed by atoms with Crippen molar-refractivity contribution in [3.63, 3.8) is 0 Å². The van der Waals surface area contributed by atoms with E-state index in [1.807, 2.05) is 13.8 Å². The average molecular weight is 457 g/mol. The van der Waals surface area contributed by atoms with Gasteiger partial charge in [0.25, 0.3) is 0 Å². The predicted octanol–water partition coefficient (Wildman–Crippen LogP) is 6.00. The summed E-state index contributed by atoms with van der Waals surface area (Å²) in [5, 5.41) is 8.23. The van der Waals surface area contributed by atoms with Crippen molar-refractivity contribution in [1.29, 1.82) is 0 Å². The Morgan fingerprint density at radius 1 is 0.833 bits per heavy atom. The number of aromatic nitrogens is 3. The van der Waals surface area contributed by atoms with Crippen molar-refractivity contribution in [2.45, 2.75) is 19.9 Å². The minimum absolute atomic E-state index is 0.0731. The Bertz CT molecular complexity index is 838. The molecule has 24 heavy (non-hydrogen) atoms. The number of benzene rings is 2. The second-order valence-corrected chi connectivity index (χ2v) is 7.39. The molecule has 0 fully saturated rings. The molecule has 0 aliphatic heterocycles. The van der Waals surface area contributed by atoms with Crippen LogP contribution in [0.4, 0.5) is 8.78 Å². The fourth-order valence-corrected chi connectivity index (χ4v) is 3.16. The normalized spacial score (nSPS) is 11.3. The molecule has 3 nitrogen and oxygen atoms in total. The Balaban J connectivity index is 2.22. The minimum Gasteiger partial charge on any atom is -0.304 e. The molecule has 0 spiro atoms. The van der Waals surface area contributed by atoms with E-state index in [0.717, 1.165) is 0 Å². The third-order valence-corrected chi connectivity index (χ3v) is 4.54. The van der Waals surface area contributed by atoms with Crippen LogP contribution < -0.4 is 0 Å². The Labute approximate surface area is 155 Å². The molecule has 0 unspecified atom stereocenters. The molecular formula is C17H13Br2F2N3. The summed E-state index contributed by atoms with van der Waals surface area (Å²) < 4.78 is 31.7. The zero-order valence-corrected chi connectivity index (χ0v) is 16.1. The topological polar surface area (TPSA) is 30.7 Å². The molecule has 0 bridgehead atoms. The van der Waals surface area contributed by atoms with Crippen molar-refractivity contribution in [3.8, 4) is 22.8 Å². The van der Waals surface area contributed by atoms with Crippen LogP contribution in [0, 0.1) is 11.6 Å². The molecule has 0 saturated carbocycles. The number of halogens is 4. The van der Waals surface area contributed by atoms with Crippen LogP contribution in [0.2, 0.25) is 0 Å². The van der Waals surface area contributed by atoms with E-state index in [4.69, 9.17) is 0 Å². The molecule has 2 aromatic carbocycles. The van der Waals surface area contributed by atoms with Gasteiger partial charge in [-0.3, -0.25) is 0 Å². The van der Waals surface area contributed by atoms with Crippen molar-refractivity contribution in [2.75, 3.05) is 0 Å². The Morgan fingerprint density at radius 3 is 1.58 bits per heavy atom. The molecule has 0 atom stereocenters. The van der Waals surface area contributed by atoms with Crippen LogP contribution in [-0.2, 0) is 0 Å². The van der Waals surface area contributed by atoms with Gasteiger partial charge in [0, 0.05) is 15.0 Å². The van der Waals surface area contributed by atoms with Crippen LogP contribution in [-0.4, -0.2) is 14.8 Å². The number of hydrogen-bond acceptors (Lipinski definition) is 2. The molecule has 0 aliphatic rings. The average Bonchev–Trinajstić information content (AvgIpc) is 2.91. The molecule has 3 rings (SSSR count). The smallest absolute Gasteiger partial charge is 0.167 e. The molecule has 1 aromatic heterocycles. The Hall–Kier alpha value is -1.60. The molecule has 1 heterocycles. The van der Waals surface area contributed by atoms with E-state index in [-0.39, 0.29) is 6.04 Å². The van der Waals surface area contributed by atoms with E-state index < -0.39 is 11.6 Å². The van der Waals surface area contributed by atoms with Crippen LogP contribution in [0.5, 0.6) is 0 Å². The SMILES string of the molecule is CC(C)n1c(-c2ccc(Br)cc2F)nnc1-c1ccc(Br)cc1F. The fraction of sp³-hybridized carbons (Fsp3) is 0.176. The van der Waals surface area contributed by atoms with Crippen LogP contribution in [0.15, 0.2) is 45.3 Å². The fourth-order valence-electron chi connectivity index (χ4n) is 2.49. The third-order valence-electron chi connectivity index (χ3n) is 3.56. The maximum Gasteiger partial charge on any atom is 0.167 e. The summed E-state index contributed by atoms with van der Waals surface area (Å²) in [7, 11) is 0. The quantitative estimate of drug-likeness (QED) is 0.484. The maximum absolute atomic E-state index is 14.3. The molecular weight excluding hydrogens is 444 g/mol. The van der Waals surface area contributed by atoms with E-state index in [9.17, 15) is 8.78 Å². The molecule has 3 aromatic rings. The first kappa shape index (κ1) is 17.2. The lowest BCUT2D eigenvalue weighted by molar-refractivity contribution is 0.592. The largest absolute Gasteiger partial charge is 0.304 e. The van der Waals surface area contributed by atoms with Gasteiger partial charge >= 0.3 is 0 Å². The van der Waals surface area contributed by atoms with Gasteiger partial charge in [0.15, 0.2) is 11.6 Å². The predicted molar refractivity (Wildman–Crippen MR) is 96.6 cm³/mol. The minimum atomic E-state index is -0.415. The van der Waals surface area contributed by atoms with Gasteiger partial charge in [-0.25, -0.2) is 8.78 Å². The second-order valence-electron chi connectivity index (χ2n) is 5.56. The summed E-state index contributed by atoms with van der Waals surface area (Å²) in [6.45, 7) is 3.84. The molecule has 0 saturated heterocycles. The van der Waals surface area contributed by atoms with Gasteiger partial charge < -0.3 is 4.57 Å². The summed E-state index contributed by atoms with van der Waals surface area (Å²) in [4.78, 5) is 0. The number of nitrogens with zero attached hydrogens (tertiary/aromatic N) is 3. The van der Waals surface area contributed by atoms with Gasteiger partial charge in [-0.15, -0.1) is 10.2 Å². The number of rotatable bonds is 3.